The van der Waals surface area contributed by atoms with Gasteiger partial charge in [-0.1, -0.05) is 90.4 Å². The Kier molecular flexibility index (Phi) is 15.8. The summed E-state index contributed by atoms with van der Waals surface area (Å²) >= 11 is 0.784. The summed E-state index contributed by atoms with van der Waals surface area (Å²) in [5.74, 6) is 0.586. The van der Waals surface area contributed by atoms with Crippen molar-refractivity contribution in [3.8, 4) is 0 Å². The molecule has 0 aromatic carbocycles. The molecule has 0 aliphatic carbocycles. The van der Waals surface area contributed by atoms with Gasteiger partial charge in [-0.05, 0) is 17.8 Å². The van der Waals surface area contributed by atoms with Crippen molar-refractivity contribution in [2.75, 3.05) is 5.75 Å². The molecule has 0 rings (SSSR count). The average molecular weight is 338 g/mol. The third kappa shape index (κ3) is 20.5. The summed E-state index contributed by atoms with van der Waals surface area (Å²) in [4.78, 5) is 17.4. The minimum Gasteiger partial charge on any atom is -0.317 e. The molecule has 0 saturated carbocycles. The van der Waals surface area contributed by atoms with E-state index in [0.717, 1.165) is 24.2 Å². The van der Waals surface area contributed by atoms with E-state index in [4.69, 9.17) is 9.79 Å². The van der Waals surface area contributed by atoms with E-state index in [1.165, 1.54) is 77.0 Å². The van der Waals surface area contributed by atoms with Gasteiger partial charge in [0.2, 0.25) is 0 Å². The molecule has 3 nitrogen and oxygen atoms in total. The van der Waals surface area contributed by atoms with Crippen LogP contribution in [0.1, 0.15) is 96.8 Å². The number of hydrogen-bond donors (Lipinski definition) is 2. The molecule has 0 atom stereocenters. The Balaban J connectivity index is 3.01. The average Bonchev–Trinajstić information content (AvgIpc) is 2.42. The third-order valence-electron chi connectivity index (χ3n) is 3.76. The van der Waals surface area contributed by atoms with Crippen LogP contribution in [0.3, 0.4) is 0 Å². The fourth-order valence-electron chi connectivity index (χ4n) is 2.48. The Labute approximate surface area is 135 Å². The van der Waals surface area contributed by atoms with Gasteiger partial charge in [0.1, 0.15) is 0 Å². The van der Waals surface area contributed by atoms with Gasteiger partial charge in [0.05, 0.1) is 0 Å². The molecule has 5 heteroatoms. The Morgan fingerprint density at radius 3 is 1.33 bits per heavy atom. The Hall–Kier alpha value is 0.500. The van der Waals surface area contributed by atoms with Gasteiger partial charge in [0.15, 0.2) is 0 Å². The SMILES string of the molecule is CCCCCCCCCCCCCCCCSP(=O)(O)O. The highest BCUT2D eigenvalue weighted by atomic mass is 32.7. The van der Waals surface area contributed by atoms with Crippen molar-refractivity contribution in [1.82, 2.24) is 0 Å². The minimum absolute atomic E-state index is 0.586. The molecule has 0 fully saturated rings. The van der Waals surface area contributed by atoms with Gasteiger partial charge in [0, 0.05) is 5.75 Å². The largest absolute Gasteiger partial charge is 0.383 e. The molecule has 0 heterocycles. The van der Waals surface area contributed by atoms with Crippen molar-refractivity contribution < 1.29 is 14.4 Å². The van der Waals surface area contributed by atoms with Crippen molar-refractivity contribution >= 4 is 18.2 Å². The fourth-order valence-corrected chi connectivity index (χ4v) is 4.15. The topological polar surface area (TPSA) is 57.5 Å². The first-order valence-electron chi connectivity index (χ1n) is 8.76. The van der Waals surface area contributed by atoms with E-state index in [2.05, 4.69) is 6.92 Å². The second kappa shape index (κ2) is 15.4. The Morgan fingerprint density at radius 1 is 0.667 bits per heavy atom. The van der Waals surface area contributed by atoms with Crippen LogP contribution in [0.5, 0.6) is 0 Å². The molecule has 21 heavy (non-hydrogen) atoms. The van der Waals surface area contributed by atoms with Crippen LogP contribution in [0.15, 0.2) is 0 Å². The van der Waals surface area contributed by atoms with Gasteiger partial charge >= 0.3 is 6.80 Å². The zero-order valence-electron chi connectivity index (χ0n) is 13.8. The van der Waals surface area contributed by atoms with Crippen molar-refractivity contribution in [1.29, 1.82) is 0 Å². The first-order valence-corrected chi connectivity index (χ1v) is 12.0. The highest BCUT2D eigenvalue weighted by Crippen LogP contribution is 2.50. The van der Waals surface area contributed by atoms with E-state index in [9.17, 15) is 4.57 Å². The number of rotatable bonds is 16. The second-order valence-corrected chi connectivity index (χ2v) is 9.77. The summed E-state index contributed by atoms with van der Waals surface area (Å²) in [5, 5.41) is 0. The van der Waals surface area contributed by atoms with Gasteiger partial charge in [0.25, 0.3) is 0 Å². The van der Waals surface area contributed by atoms with Crippen LogP contribution in [-0.4, -0.2) is 15.5 Å². The van der Waals surface area contributed by atoms with Crippen LogP contribution in [0.2, 0.25) is 0 Å². The van der Waals surface area contributed by atoms with Crippen molar-refractivity contribution in [3.63, 3.8) is 0 Å². The number of unbranched alkanes of at least 4 members (excludes halogenated alkanes) is 13. The van der Waals surface area contributed by atoms with Gasteiger partial charge in [-0.2, -0.15) is 0 Å². The second-order valence-electron chi connectivity index (χ2n) is 5.92. The van der Waals surface area contributed by atoms with Gasteiger partial charge < -0.3 is 9.79 Å². The molecule has 0 aromatic rings. The molecule has 0 amide bonds. The molecule has 0 aliphatic rings. The van der Waals surface area contributed by atoms with Crippen LogP contribution < -0.4 is 0 Å². The Bertz CT molecular complexity index is 256. The van der Waals surface area contributed by atoms with E-state index < -0.39 is 6.80 Å². The fraction of sp³-hybridized carbons (Fsp3) is 1.00. The lowest BCUT2D eigenvalue weighted by Gasteiger charge is -2.04. The molecule has 128 valence electrons. The zero-order chi connectivity index (χ0) is 15.8. The van der Waals surface area contributed by atoms with E-state index in [1.54, 1.807) is 0 Å². The third-order valence-corrected chi connectivity index (χ3v) is 6.12. The first-order chi connectivity index (χ1) is 10.1. The summed E-state index contributed by atoms with van der Waals surface area (Å²) in [7, 11) is 0. The normalized spacial score (nSPS) is 12.0. The van der Waals surface area contributed by atoms with E-state index in [-0.39, 0.29) is 0 Å². The van der Waals surface area contributed by atoms with Crippen molar-refractivity contribution in [2.45, 2.75) is 96.8 Å². The Morgan fingerprint density at radius 2 is 1.00 bits per heavy atom. The van der Waals surface area contributed by atoms with E-state index in [0.29, 0.717) is 5.75 Å². The monoisotopic (exact) mass is 338 g/mol. The molecule has 0 saturated heterocycles. The zero-order valence-corrected chi connectivity index (χ0v) is 15.5. The van der Waals surface area contributed by atoms with Crippen molar-refractivity contribution in [3.05, 3.63) is 0 Å². The predicted molar refractivity (Wildman–Crippen MR) is 94.8 cm³/mol. The number of hydrogen-bond acceptors (Lipinski definition) is 2. The van der Waals surface area contributed by atoms with Crippen molar-refractivity contribution in [2.24, 2.45) is 0 Å². The minimum atomic E-state index is -3.84. The lowest BCUT2D eigenvalue weighted by molar-refractivity contribution is 0.397. The van der Waals surface area contributed by atoms with Gasteiger partial charge in [-0.3, -0.25) is 0 Å². The lowest BCUT2D eigenvalue weighted by atomic mass is 10.0. The maximum Gasteiger partial charge on any atom is 0.383 e. The quantitative estimate of drug-likeness (QED) is 0.256. The summed E-state index contributed by atoms with van der Waals surface area (Å²) in [5.41, 5.74) is 0. The molecular weight excluding hydrogens is 303 g/mol. The standard InChI is InChI=1S/C16H35O3PS/c1-2-3-4-5-6-7-8-9-10-11-12-13-14-15-16-21-20(17,18)19/h2-16H2,1H3,(H2,17,18,19). The van der Waals surface area contributed by atoms with Crippen LogP contribution in [0.25, 0.3) is 0 Å². The van der Waals surface area contributed by atoms with Crippen LogP contribution in [0.4, 0.5) is 0 Å². The molecule has 0 radical (unpaired) electrons. The molecule has 0 aliphatic heterocycles. The van der Waals surface area contributed by atoms with Gasteiger partial charge in [-0.15, -0.1) is 0 Å². The van der Waals surface area contributed by atoms with E-state index >= 15 is 0 Å². The highest BCUT2D eigenvalue weighted by Gasteiger charge is 2.11. The predicted octanol–water partition coefficient (Wildman–Crippen LogP) is 6.29. The molecule has 0 aromatic heterocycles. The summed E-state index contributed by atoms with van der Waals surface area (Å²) in [6.07, 6.45) is 18.3. The molecule has 0 spiro atoms. The first kappa shape index (κ1) is 21.5. The van der Waals surface area contributed by atoms with Crippen LogP contribution >= 0.6 is 18.2 Å². The summed E-state index contributed by atoms with van der Waals surface area (Å²) in [6.45, 7) is -1.58. The van der Waals surface area contributed by atoms with Crippen LogP contribution in [0, 0.1) is 0 Å². The lowest BCUT2D eigenvalue weighted by Crippen LogP contribution is -1.84. The summed E-state index contributed by atoms with van der Waals surface area (Å²) in [6, 6.07) is 0. The molecule has 0 bridgehead atoms. The highest BCUT2D eigenvalue weighted by molar-refractivity contribution is 8.54. The maximum absolute atomic E-state index is 10.6. The van der Waals surface area contributed by atoms with Crippen LogP contribution in [-0.2, 0) is 4.57 Å². The smallest absolute Gasteiger partial charge is 0.317 e. The van der Waals surface area contributed by atoms with E-state index in [1.807, 2.05) is 0 Å². The van der Waals surface area contributed by atoms with Gasteiger partial charge in [-0.25, -0.2) is 4.57 Å². The molecule has 0 unspecified atom stereocenters. The summed E-state index contributed by atoms with van der Waals surface area (Å²) < 4.78 is 10.6. The molecular formula is C16H35O3PS. The maximum atomic E-state index is 10.6. The molecule has 2 N–H and O–H groups in total.